The van der Waals surface area contributed by atoms with Crippen LogP contribution in [0.5, 0.6) is 0 Å². The summed E-state index contributed by atoms with van der Waals surface area (Å²) in [7, 11) is 1.92. The second-order valence-corrected chi connectivity index (χ2v) is 6.18. The molecule has 5 heteroatoms. The Morgan fingerprint density at radius 1 is 1.07 bits per heavy atom. The molecule has 0 aliphatic rings. The van der Waals surface area contributed by atoms with E-state index in [0.717, 1.165) is 11.3 Å². The fourth-order valence-electron chi connectivity index (χ4n) is 2.67. The minimum atomic E-state index is -0.261. The maximum atomic E-state index is 13.0. The number of nitrogens with one attached hydrogen (secondary N) is 1. The molecule has 0 aliphatic carbocycles. The van der Waals surface area contributed by atoms with Crippen LogP contribution in [0.4, 0.5) is 15.8 Å². The third kappa shape index (κ3) is 4.71. The molecule has 0 atom stereocenters. The van der Waals surface area contributed by atoms with Crippen molar-refractivity contribution in [1.82, 2.24) is 0 Å². The normalized spacial score (nSPS) is 10.1. The second kappa shape index (κ2) is 8.15. The molecule has 134 valence electrons. The SMILES string of the molecule is CN(Cc1ccc(F)cc1)c1cccc(C(=O)Nc2ccc(C#N)cc2)c1. The summed E-state index contributed by atoms with van der Waals surface area (Å²) in [5.74, 6) is -0.486. The van der Waals surface area contributed by atoms with E-state index in [1.54, 1.807) is 42.5 Å². The summed E-state index contributed by atoms with van der Waals surface area (Å²) in [6.07, 6.45) is 0. The first-order valence-electron chi connectivity index (χ1n) is 8.42. The Hall–Kier alpha value is -3.65. The van der Waals surface area contributed by atoms with Gasteiger partial charge < -0.3 is 10.2 Å². The number of halogens is 1. The van der Waals surface area contributed by atoms with Crippen molar-refractivity contribution >= 4 is 17.3 Å². The molecule has 0 unspecified atom stereocenters. The van der Waals surface area contributed by atoms with Crippen LogP contribution in [0, 0.1) is 17.1 Å². The molecule has 0 fully saturated rings. The van der Waals surface area contributed by atoms with Crippen LogP contribution in [-0.2, 0) is 6.54 Å². The highest BCUT2D eigenvalue weighted by Gasteiger charge is 2.09. The quantitative estimate of drug-likeness (QED) is 0.725. The van der Waals surface area contributed by atoms with Gasteiger partial charge in [-0.25, -0.2) is 4.39 Å². The zero-order valence-corrected chi connectivity index (χ0v) is 14.8. The Kier molecular flexibility index (Phi) is 5.48. The molecule has 0 aliphatic heterocycles. The average Bonchev–Trinajstić information content (AvgIpc) is 2.70. The molecular formula is C22H18FN3O. The Morgan fingerprint density at radius 3 is 2.44 bits per heavy atom. The van der Waals surface area contributed by atoms with Crippen molar-refractivity contribution < 1.29 is 9.18 Å². The van der Waals surface area contributed by atoms with Crippen LogP contribution in [0.1, 0.15) is 21.5 Å². The highest BCUT2D eigenvalue weighted by Crippen LogP contribution is 2.19. The molecule has 0 aromatic heterocycles. The van der Waals surface area contributed by atoms with Gasteiger partial charge in [0.15, 0.2) is 0 Å². The number of nitriles is 1. The highest BCUT2D eigenvalue weighted by molar-refractivity contribution is 6.04. The monoisotopic (exact) mass is 359 g/mol. The van der Waals surface area contributed by atoms with Gasteiger partial charge in [-0.3, -0.25) is 4.79 Å². The number of benzene rings is 3. The van der Waals surface area contributed by atoms with E-state index < -0.39 is 0 Å². The van der Waals surface area contributed by atoms with Crippen molar-refractivity contribution in [3.8, 4) is 6.07 Å². The molecule has 0 saturated heterocycles. The van der Waals surface area contributed by atoms with Gasteiger partial charge in [0.25, 0.3) is 5.91 Å². The molecular weight excluding hydrogens is 341 g/mol. The summed E-state index contributed by atoms with van der Waals surface area (Å²) in [6, 6.07) is 22.4. The Balaban J connectivity index is 1.70. The van der Waals surface area contributed by atoms with Crippen LogP contribution in [0.15, 0.2) is 72.8 Å². The van der Waals surface area contributed by atoms with Gasteiger partial charge >= 0.3 is 0 Å². The maximum Gasteiger partial charge on any atom is 0.255 e. The Bertz CT molecular complexity index is 976. The lowest BCUT2D eigenvalue weighted by Gasteiger charge is -2.20. The van der Waals surface area contributed by atoms with E-state index in [4.69, 9.17) is 5.26 Å². The minimum absolute atomic E-state index is 0.225. The van der Waals surface area contributed by atoms with Crippen LogP contribution in [0.2, 0.25) is 0 Å². The van der Waals surface area contributed by atoms with Crippen LogP contribution < -0.4 is 10.2 Å². The lowest BCUT2D eigenvalue weighted by atomic mass is 10.1. The fourth-order valence-corrected chi connectivity index (χ4v) is 2.67. The molecule has 1 N–H and O–H groups in total. The van der Waals surface area contributed by atoms with Crippen LogP contribution in [0.3, 0.4) is 0 Å². The molecule has 3 aromatic carbocycles. The van der Waals surface area contributed by atoms with Gasteiger partial charge in [-0.2, -0.15) is 5.26 Å². The lowest BCUT2D eigenvalue weighted by molar-refractivity contribution is 0.102. The van der Waals surface area contributed by atoms with Crippen LogP contribution in [0.25, 0.3) is 0 Å². The fraction of sp³-hybridized carbons (Fsp3) is 0.0909. The summed E-state index contributed by atoms with van der Waals surface area (Å²) < 4.78 is 13.0. The van der Waals surface area contributed by atoms with Crippen molar-refractivity contribution in [2.75, 3.05) is 17.3 Å². The number of anilines is 2. The molecule has 0 radical (unpaired) electrons. The average molecular weight is 359 g/mol. The number of amides is 1. The predicted molar refractivity (Wildman–Crippen MR) is 104 cm³/mol. The second-order valence-electron chi connectivity index (χ2n) is 6.18. The number of hydrogen-bond acceptors (Lipinski definition) is 3. The van der Waals surface area contributed by atoms with Gasteiger partial charge in [0.2, 0.25) is 0 Å². The van der Waals surface area contributed by atoms with Crippen molar-refractivity contribution in [3.63, 3.8) is 0 Å². The predicted octanol–water partition coefficient (Wildman–Crippen LogP) is 4.59. The van der Waals surface area contributed by atoms with E-state index >= 15 is 0 Å². The largest absolute Gasteiger partial charge is 0.370 e. The molecule has 0 heterocycles. The molecule has 4 nitrogen and oxygen atoms in total. The molecule has 3 rings (SSSR count). The summed E-state index contributed by atoms with van der Waals surface area (Å²) in [4.78, 5) is 14.5. The summed E-state index contributed by atoms with van der Waals surface area (Å²) in [5, 5.41) is 11.7. The van der Waals surface area contributed by atoms with Gasteiger partial charge in [-0.1, -0.05) is 18.2 Å². The summed E-state index contributed by atoms with van der Waals surface area (Å²) >= 11 is 0. The Labute approximate surface area is 157 Å². The van der Waals surface area contributed by atoms with Crippen molar-refractivity contribution in [2.24, 2.45) is 0 Å². The first-order valence-corrected chi connectivity index (χ1v) is 8.42. The lowest BCUT2D eigenvalue weighted by Crippen LogP contribution is -2.18. The van der Waals surface area contributed by atoms with E-state index in [-0.39, 0.29) is 11.7 Å². The minimum Gasteiger partial charge on any atom is -0.370 e. The van der Waals surface area contributed by atoms with Gasteiger partial charge in [0, 0.05) is 30.5 Å². The summed E-state index contributed by atoms with van der Waals surface area (Å²) in [6.45, 7) is 0.598. The van der Waals surface area contributed by atoms with Crippen molar-refractivity contribution in [3.05, 3.63) is 95.3 Å². The Morgan fingerprint density at radius 2 is 1.78 bits per heavy atom. The van der Waals surface area contributed by atoms with Crippen LogP contribution >= 0.6 is 0 Å². The summed E-state index contributed by atoms with van der Waals surface area (Å²) in [5.41, 5.74) is 3.56. The molecule has 0 saturated carbocycles. The first-order chi connectivity index (χ1) is 13.0. The van der Waals surface area contributed by atoms with E-state index in [2.05, 4.69) is 5.32 Å². The third-order valence-electron chi connectivity index (χ3n) is 4.15. The zero-order chi connectivity index (χ0) is 19.2. The maximum absolute atomic E-state index is 13.0. The van der Waals surface area contributed by atoms with Crippen molar-refractivity contribution in [2.45, 2.75) is 6.54 Å². The number of carbonyl (C=O) groups excluding carboxylic acids is 1. The smallest absolute Gasteiger partial charge is 0.255 e. The number of carbonyl (C=O) groups is 1. The van der Waals surface area contributed by atoms with Gasteiger partial charge in [0.1, 0.15) is 5.82 Å². The van der Waals surface area contributed by atoms with E-state index in [1.807, 2.05) is 36.2 Å². The van der Waals surface area contributed by atoms with E-state index in [1.165, 1.54) is 12.1 Å². The number of hydrogen-bond donors (Lipinski definition) is 1. The van der Waals surface area contributed by atoms with Crippen molar-refractivity contribution in [1.29, 1.82) is 5.26 Å². The number of rotatable bonds is 5. The third-order valence-corrected chi connectivity index (χ3v) is 4.15. The first kappa shape index (κ1) is 18.2. The van der Waals surface area contributed by atoms with E-state index in [9.17, 15) is 9.18 Å². The standard InChI is InChI=1S/C22H18FN3O/c1-26(15-17-5-9-19(23)10-6-17)21-4-2-3-18(13-21)22(27)25-20-11-7-16(14-24)8-12-20/h2-13H,15H2,1H3,(H,25,27). The topological polar surface area (TPSA) is 56.1 Å². The molecule has 27 heavy (non-hydrogen) atoms. The molecule has 1 amide bonds. The van der Waals surface area contributed by atoms with Gasteiger partial charge in [-0.05, 0) is 60.2 Å². The van der Waals surface area contributed by atoms with Gasteiger partial charge in [-0.15, -0.1) is 0 Å². The number of nitrogens with zero attached hydrogens (tertiary/aromatic N) is 2. The molecule has 0 spiro atoms. The molecule has 0 bridgehead atoms. The van der Waals surface area contributed by atoms with E-state index in [0.29, 0.717) is 23.4 Å². The van der Waals surface area contributed by atoms with Crippen LogP contribution in [-0.4, -0.2) is 13.0 Å². The zero-order valence-electron chi connectivity index (χ0n) is 14.8. The highest BCUT2D eigenvalue weighted by atomic mass is 19.1. The van der Waals surface area contributed by atoms with Gasteiger partial charge in [0.05, 0.1) is 11.6 Å². The molecule has 3 aromatic rings.